The third-order valence-corrected chi connectivity index (χ3v) is 4.11. The highest BCUT2D eigenvalue weighted by molar-refractivity contribution is 5.75. The summed E-state index contributed by atoms with van der Waals surface area (Å²) >= 11 is 0. The number of aromatic nitrogens is 4. The summed E-state index contributed by atoms with van der Waals surface area (Å²) in [5.41, 5.74) is 3.25. The van der Waals surface area contributed by atoms with Gasteiger partial charge in [0.15, 0.2) is 5.82 Å². The monoisotopic (exact) mass is 330 g/mol. The summed E-state index contributed by atoms with van der Waals surface area (Å²) in [5, 5.41) is 4.07. The van der Waals surface area contributed by atoms with E-state index in [4.69, 9.17) is 4.52 Å². The summed E-state index contributed by atoms with van der Waals surface area (Å²) in [6.07, 6.45) is 4.50. The van der Waals surface area contributed by atoms with Gasteiger partial charge in [0.2, 0.25) is 0 Å². The second kappa shape index (κ2) is 6.73. The second-order valence-electron chi connectivity index (χ2n) is 5.84. The fourth-order valence-electron chi connectivity index (χ4n) is 2.86. The zero-order valence-corrected chi connectivity index (χ0v) is 14.0. The average molecular weight is 330 g/mol. The van der Waals surface area contributed by atoms with Crippen molar-refractivity contribution >= 4 is 23.2 Å². The average Bonchev–Trinajstić information content (AvgIpc) is 3.22. The van der Waals surface area contributed by atoms with Gasteiger partial charge >= 0.3 is 0 Å². The molecule has 25 heavy (non-hydrogen) atoms. The molecule has 0 unspecified atom stereocenters. The normalized spacial score (nSPS) is 11.6. The van der Waals surface area contributed by atoms with Gasteiger partial charge in [-0.1, -0.05) is 47.6 Å². The van der Waals surface area contributed by atoms with Crippen molar-refractivity contribution in [3.8, 4) is 0 Å². The van der Waals surface area contributed by atoms with Crippen LogP contribution in [0.3, 0.4) is 0 Å². The SMILES string of the molecule is Cc1nc2ccccc2n1CCc1noc(/C=C/c2ccccc2)n1. The van der Waals surface area contributed by atoms with Crippen molar-refractivity contribution in [3.05, 3.63) is 77.7 Å². The number of aryl methyl sites for hydroxylation is 3. The van der Waals surface area contributed by atoms with Crippen LogP contribution in [0.2, 0.25) is 0 Å². The van der Waals surface area contributed by atoms with Crippen LogP contribution >= 0.6 is 0 Å². The molecule has 0 spiro atoms. The molecule has 4 aromatic rings. The minimum absolute atomic E-state index is 0.520. The standard InChI is InChI=1S/C20H18N4O/c1-15-21-17-9-5-6-10-18(17)24(15)14-13-19-22-20(25-23-19)12-11-16-7-3-2-4-8-16/h2-12H,13-14H2,1H3/b12-11+. The van der Waals surface area contributed by atoms with Gasteiger partial charge in [-0.15, -0.1) is 0 Å². The number of hydrogen-bond acceptors (Lipinski definition) is 4. The fourth-order valence-corrected chi connectivity index (χ4v) is 2.86. The summed E-state index contributed by atoms with van der Waals surface area (Å²) in [6.45, 7) is 2.79. The molecule has 2 aromatic heterocycles. The maximum atomic E-state index is 5.30. The summed E-state index contributed by atoms with van der Waals surface area (Å²) < 4.78 is 7.49. The molecule has 0 saturated heterocycles. The van der Waals surface area contributed by atoms with E-state index in [1.54, 1.807) is 0 Å². The second-order valence-corrected chi connectivity index (χ2v) is 5.84. The van der Waals surface area contributed by atoms with Gasteiger partial charge in [-0.3, -0.25) is 0 Å². The Balaban J connectivity index is 1.46. The van der Waals surface area contributed by atoms with Crippen LogP contribution in [0.4, 0.5) is 0 Å². The van der Waals surface area contributed by atoms with Gasteiger partial charge in [0.25, 0.3) is 5.89 Å². The molecule has 2 aromatic carbocycles. The van der Waals surface area contributed by atoms with Crippen LogP contribution in [-0.4, -0.2) is 19.7 Å². The molecule has 0 N–H and O–H groups in total. The first-order valence-corrected chi connectivity index (χ1v) is 8.27. The topological polar surface area (TPSA) is 56.7 Å². The zero-order chi connectivity index (χ0) is 17.1. The molecule has 0 fully saturated rings. The van der Waals surface area contributed by atoms with Crippen molar-refractivity contribution < 1.29 is 4.52 Å². The number of imidazole rings is 1. The lowest BCUT2D eigenvalue weighted by Crippen LogP contribution is -2.04. The molecule has 2 heterocycles. The Kier molecular flexibility index (Phi) is 4.12. The number of benzene rings is 2. The zero-order valence-electron chi connectivity index (χ0n) is 14.0. The fraction of sp³-hybridized carbons (Fsp3) is 0.150. The molecule has 5 nitrogen and oxygen atoms in total. The largest absolute Gasteiger partial charge is 0.335 e. The summed E-state index contributed by atoms with van der Waals surface area (Å²) in [7, 11) is 0. The first-order valence-electron chi connectivity index (χ1n) is 8.27. The van der Waals surface area contributed by atoms with Gasteiger partial charge in [0.1, 0.15) is 5.82 Å². The van der Waals surface area contributed by atoms with Crippen LogP contribution in [0.1, 0.15) is 23.1 Å². The molecule has 0 atom stereocenters. The molecule has 0 aliphatic heterocycles. The van der Waals surface area contributed by atoms with Crippen molar-refractivity contribution in [2.45, 2.75) is 19.9 Å². The lowest BCUT2D eigenvalue weighted by molar-refractivity contribution is 0.401. The molecular formula is C20H18N4O. The molecule has 0 bridgehead atoms. The minimum atomic E-state index is 0.520. The molecular weight excluding hydrogens is 312 g/mol. The van der Waals surface area contributed by atoms with E-state index in [0.29, 0.717) is 18.1 Å². The Morgan fingerprint density at radius 3 is 2.64 bits per heavy atom. The highest BCUT2D eigenvalue weighted by Gasteiger charge is 2.09. The molecule has 5 heteroatoms. The quantitative estimate of drug-likeness (QED) is 0.552. The molecule has 0 aliphatic carbocycles. The van der Waals surface area contributed by atoms with Crippen molar-refractivity contribution in [1.29, 1.82) is 0 Å². The van der Waals surface area contributed by atoms with Crippen LogP contribution < -0.4 is 0 Å². The Morgan fingerprint density at radius 2 is 1.76 bits per heavy atom. The summed E-state index contributed by atoms with van der Waals surface area (Å²) in [6, 6.07) is 18.2. The molecule has 0 amide bonds. The number of fused-ring (bicyclic) bond motifs is 1. The highest BCUT2D eigenvalue weighted by atomic mass is 16.5. The Morgan fingerprint density at radius 1 is 0.960 bits per heavy atom. The van der Waals surface area contributed by atoms with Crippen LogP contribution in [0.25, 0.3) is 23.2 Å². The first kappa shape index (κ1) is 15.3. The number of hydrogen-bond donors (Lipinski definition) is 0. The smallest absolute Gasteiger partial charge is 0.250 e. The van der Waals surface area contributed by atoms with Crippen molar-refractivity contribution in [1.82, 2.24) is 19.7 Å². The maximum Gasteiger partial charge on any atom is 0.250 e. The Hall–Kier alpha value is -3.21. The molecule has 0 radical (unpaired) electrons. The van der Waals surface area contributed by atoms with E-state index in [0.717, 1.165) is 29.0 Å². The number of nitrogens with zero attached hydrogens (tertiary/aromatic N) is 4. The van der Waals surface area contributed by atoms with E-state index in [-0.39, 0.29) is 0 Å². The summed E-state index contributed by atoms with van der Waals surface area (Å²) in [4.78, 5) is 9.02. The maximum absolute atomic E-state index is 5.30. The van der Waals surface area contributed by atoms with Gasteiger partial charge in [-0.25, -0.2) is 4.98 Å². The molecule has 124 valence electrons. The van der Waals surface area contributed by atoms with Crippen LogP contribution in [0.5, 0.6) is 0 Å². The number of rotatable bonds is 5. The lowest BCUT2D eigenvalue weighted by Gasteiger charge is -2.04. The molecule has 0 aliphatic rings. The van der Waals surface area contributed by atoms with Crippen molar-refractivity contribution in [3.63, 3.8) is 0 Å². The molecule has 0 saturated carbocycles. The minimum Gasteiger partial charge on any atom is -0.335 e. The van der Waals surface area contributed by atoms with Crippen molar-refractivity contribution in [2.75, 3.05) is 0 Å². The molecule has 4 rings (SSSR count). The van der Waals surface area contributed by atoms with Gasteiger partial charge in [-0.05, 0) is 30.7 Å². The van der Waals surface area contributed by atoms with Gasteiger partial charge in [0.05, 0.1) is 11.0 Å². The highest BCUT2D eigenvalue weighted by Crippen LogP contribution is 2.16. The van der Waals surface area contributed by atoms with Crippen LogP contribution in [-0.2, 0) is 13.0 Å². The Bertz CT molecular complexity index is 1010. The van der Waals surface area contributed by atoms with Crippen LogP contribution in [0.15, 0.2) is 59.1 Å². The van der Waals surface area contributed by atoms with E-state index in [2.05, 4.69) is 25.8 Å². The predicted molar refractivity (Wildman–Crippen MR) is 97.8 cm³/mol. The van der Waals surface area contributed by atoms with Gasteiger partial charge in [0, 0.05) is 19.0 Å². The van der Waals surface area contributed by atoms with E-state index >= 15 is 0 Å². The third-order valence-electron chi connectivity index (χ3n) is 4.11. The van der Waals surface area contributed by atoms with Gasteiger partial charge in [-0.2, -0.15) is 4.98 Å². The number of para-hydroxylation sites is 2. The summed E-state index contributed by atoms with van der Waals surface area (Å²) in [5.74, 6) is 2.21. The van der Waals surface area contributed by atoms with Gasteiger partial charge < -0.3 is 9.09 Å². The van der Waals surface area contributed by atoms with E-state index in [1.165, 1.54) is 0 Å². The van der Waals surface area contributed by atoms with Crippen LogP contribution in [0, 0.1) is 6.92 Å². The lowest BCUT2D eigenvalue weighted by atomic mass is 10.2. The van der Waals surface area contributed by atoms with E-state index in [1.807, 2.05) is 67.6 Å². The van der Waals surface area contributed by atoms with E-state index in [9.17, 15) is 0 Å². The first-order chi connectivity index (χ1) is 12.3. The van der Waals surface area contributed by atoms with E-state index < -0.39 is 0 Å². The predicted octanol–water partition coefficient (Wildman–Crippen LogP) is 4.14. The third kappa shape index (κ3) is 3.35. The Labute approximate surface area is 145 Å². The van der Waals surface area contributed by atoms with Crippen molar-refractivity contribution in [2.24, 2.45) is 0 Å².